The minimum Gasteiger partial charge on any atom is -0.496 e. The number of aromatic amines is 1. The number of nitriles is 1. The number of methoxy groups -OCH3 is 1. The smallest absolute Gasteiger partial charge is 0.222 e. The molecule has 1 aromatic heterocycles. The van der Waals surface area contributed by atoms with Crippen molar-refractivity contribution in [3.8, 4) is 23.2 Å². The number of carbonyl (C=O) groups is 1. The van der Waals surface area contributed by atoms with Crippen molar-refractivity contribution >= 4 is 5.91 Å². The lowest BCUT2D eigenvalue weighted by atomic mass is 9.89. The minimum atomic E-state index is 0.207. The van der Waals surface area contributed by atoms with Crippen molar-refractivity contribution in [2.45, 2.75) is 18.8 Å². The van der Waals surface area contributed by atoms with Gasteiger partial charge in [-0.1, -0.05) is 6.07 Å². The molecule has 140 valence electrons. The minimum absolute atomic E-state index is 0.207. The van der Waals surface area contributed by atoms with Gasteiger partial charge in [-0.2, -0.15) is 10.4 Å². The summed E-state index contributed by atoms with van der Waals surface area (Å²) in [5.74, 6) is 1.67. The van der Waals surface area contributed by atoms with Gasteiger partial charge in [0, 0.05) is 50.3 Å². The summed E-state index contributed by atoms with van der Waals surface area (Å²) < 4.78 is 5.47. The van der Waals surface area contributed by atoms with Crippen molar-refractivity contribution in [3.05, 3.63) is 36.0 Å². The molecule has 0 radical (unpaired) electrons. The quantitative estimate of drug-likeness (QED) is 0.821. The number of hydrogen-bond acceptors (Lipinski definition) is 5. The van der Waals surface area contributed by atoms with Gasteiger partial charge in [0.25, 0.3) is 0 Å². The van der Waals surface area contributed by atoms with Crippen molar-refractivity contribution in [2.24, 2.45) is 5.92 Å². The molecular formula is C20H23N5O2. The average Bonchev–Trinajstić information content (AvgIpc) is 3.32. The predicted octanol–water partition coefficient (Wildman–Crippen LogP) is 2.20. The molecule has 4 rings (SSSR count). The van der Waals surface area contributed by atoms with Crippen LogP contribution in [-0.4, -0.2) is 59.2 Å². The number of nitrogens with one attached hydrogen (secondary N) is 1. The Bertz CT molecular complexity index is 852. The average molecular weight is 365 g/mol. The first-order valence-corrected chi connectivity index (χ1v) is 9.28. The highest BCUT2D eigenvalue weighted by molar-refractivity contribution is 5.78. The number of hydrogen-bond donors (Lipinski definition) is 1. The standard InChI is InChI=1S/C20H23N5O2/c1-27-19-3-2-15(9-17(19)18-4-6-22-23-18)16-11-25(12-16)20(26)8-14-5-7-24(10-14)13-21/h2-4,6,9,14,16H,5,7-8,10-12H2,1H3,(H,22,23)/t14-/m0/s1. The number of carbonyl (C=O) groups excluding carboxylic acids is 1. The summed E-state index contributed by atoms with van der Waals surface area (Å²) in [6, 6.07) is 8.10. The van der Waals surface area contributed by atoms with Crippen LogP contribution < -0.4 is 4.74 Å². The van der Waals surface area contributed by atoms with Gasteiger partial charge in [0.1, 0.15) is 5.75 Å². The van der Waals surface area contributed by atoms with Crippen molar-refractivity contribution in [1.82, 2.24) is 20.0 Å². The van der Waals surface area contributed by atoms with Crippen LogP contribution in [-0.2, 0) is 4.79 Å². The third kappa shape index (κ3) is 3.47. The lowest BCUT2D eigenvalue weighted by Crippen LogP contribution is -2.49. The Balaban J connectivity index is 1.37. The molecule has 2 aliphatic rings. The topological polar surface area (TPSA) is 85.2 Å². The summed E-state index contributed by atoms with van der Waals surface area (Å²) in [7, 11) is 1.66. The maximum absolute atomic E-state index is 12.5. The van der Waals surface area contributed by atoms with Crippen LogP contribution in [0.15, 0.2) is 30.5 Å². The zero-order chi connectivity index (χ0) is 18.8. The van der Waals surface area contributed by atoms with E-state index in [2.05, 4.69) is 28.5 Å². The summed E-state index contributed by atoms with van der Waals surface area (Å²) in [4.78, 5) is 16.2. The Labute approximate surface area is 158 Å². The van der Waals surface area contributed by atoms with Crippen molar-refractivity contribution < 1.29 is 9.53 Å². The molecule has 27 heavy (non-hydrogen) atoms. The molecule has 3 heterocycles. The highest BCUT2D eigenvalue weighted by atomic mass is 16.5. The SMILES string of the molecule is COc1ccc(C2CN(C(=O)C[C@@H]3CCN(C#N)C3)C2)cc1-c1ccn[nH]1. The number of amides is 1. The van der Waals surface area contributed by atoms with Gasteiger partial charge in [-0.25, -0.2) is 0 Å². The highest BCUT2D eigenvalue weighted by Gasteiger charge is 2.34. The Morgan fingerprint density at radius 3 is 2.89 bits per heavy atom. The van der Waals surface area contributed by atoms with E-state index in [4.69, 9.17) is 10.00 Å². The van der Waals surface area contributed by atoms with Crippen molar-refractivity contribution in [3.63, 3.8) is 0 Å². The fourth-order valence-electron chi connectivity index (χ4n) is 3.96. The number of aromatic nitrogens is 2. The van der Waals surface area contributed by atoms with Crippen LogP contribution in [0, 0.1) is 17.4 Å². The van der Waals surface area contributed by atoms with E-state index in [0.29, 0.717) is 24.8 Å². The molecule has 0 bridgehead atoms. The first-order valence-electron chi connectivity index (χ1n) is 9.28. The van der Waals surface area contributed by atoms with Gasteiger partial charge in [0.05, 0.1) is 12.8 Å². The third-order valence-electron chi connectivity index (χ3n) is 5.61. The number of likely N-dealkylation sites (tertiary alicyclic amines) is 2. The van der Waals surface area contributed by atoms with Gasteiger partial charge in [0.15, 0.2) is 6.19 Å². The first-order chi connectivity index (χ1) is 13.2. The number of benzene rings is 1. The van der Waals surface area contributed by atoms with E-state index < -0.39 is 0 Å². The van der Waals surface area contributed by atoms with Crippen LogP contribution in [0.4, 0.5) is 0 Å². The summed E-state index contributed by atoms with van der Waals surface area (Å²) in [5, 5.41) is 15.9. The van der Waals surface area contributed by atoms with Gasteiger partial charge in [-0.05, 0) is 36.1 Å². The number of nitrogens with zero attached hydrogens (tertiary/aromatic N) is 4. The number of rotatable bonds is 5. The molecule has 2 fully saturated rings. The Kier molecular flexibility index (Phi) is 4.71. The van der Waals surface area contributed by atoms with Crippen LogP contribution in [0.1, 0.15) is 24.3 Å². The molecular weight excluding hydrogens is 342 g/mol. The normalized spacial score (nSPS) is 19.6. The molecule has 0 saturated carbocycles. The Hall–Kier alpha value is -3.01. The van der Waals surface area contributed by atoms with E-state index >= 15 is 0 Å². The fraction of sp³-hybridized carbons (Fsp3) is 0.450. The van der Waals surface area contributed by atoms with Crippen LogP contribution in [0.5, 0.6) is 5.75 Å². The van der Waals surface area contributed by atoms with E-state index in [1.165, 1.54) is 5.56 Å². The molecule has 2 aliphatic heterocycles. The van der Waals surface area contributed by atoms with E-state index in [1.807, 2.05) is 17.0 Å². The molecule has 1 N–H and O–H groups in total. The highest BCUT2D eigenvalue weighted by Crippen LogP contribution is 2.35. The first kappa shape index (κ1) is 17.4. The molecule has 2 aromatic rings. The second-order valence-corrected chi connectivity index (χ2v) is 7.33. The van der Waals surface area contributed by atoms with E-state index in [1.54, 1.807) is 18.2 Å². The molecule has 0 aliphatic carbocycles. The van der Waals surface area contributed by atoms with Crippen LogP contribution in [0.2, 0.25) is 0 Å². The van der Waals surface area contributed by atoms with Gasteiger partial charge < -0.3 is 14.5 Å². The molecule has 1 amide bonds. The van der Waals surface area contributed by atoms with Crippen LogP contribution in [0.25, 0.3) is 11.3 Å². The molecule has 0 unspecified atom stereocenters. The molecule has 1 atom stereocenters. The zero-order valence-corrected chi connectivity index (χ0v) is 15.4. The van der Waals surface area contributed by atoms with Gasteiger partial charge in [-0.3, -0.25) is 9.89 Å². The third-order valence-corrected chi connectivity index (χ3v) is 5.61. The van der Waals surface area contributed by atoms with Crippen molar-refractivity contribution in [1.29, 1.82) is 5.26 Å². The number of ether oxygens (including phenoxy) is 1. The van der Waals surface area contributed by atoms with Crippen molar-refractivity contribution in [2.75, 3.05) is 33.3 Å². The second-order valence-electron chi connectivity index (χ2n) is 7.33. The Morgan fingerprint density at radius 1 is 1.37 bits per heavy atom. The maximum Gasteiger partial charge on any atom is 0.222 e. The Morgan fingerprint density at radius 2 is 2.22 bits per heavy atom. The summed E-state index contributed by atoms with van der Waals surface area (Å²) in [6.07, 6.45) is 5.38. The van der Waals surface area contributed by atoms with Gasteiger partial charge >= 0.3 is 0 Å². The van der Waals surface area contributed by atoms with E-state index in [-0.39, 0.29) is 5.91 Å². The van der Waals surface area contributed by atoms with Crippen LogP contribution >= 0.6 is 0 Å². The molecule has 7 heteroatoms. The summed E-state index contributed by atoms with van der Waals surface area (Å²) in [6.45, 7) is 3.00. The fourth-order valence-corrected chi connectivity index (χ4v) is 3.96. The molecule has 0 spiro atoms. The van der Waals surface area contributed by atoms with E-state index in [0.717, 1.165) is 43.1 Å². The maximum atomic E-state index is 12.5. The van der Waals surface area contributed by atoms with E-state index in [9.17, 15) is 4.79 Å². The van der Waals surface area contributed by atoms with Gasteiger partial charge in [0.2, 0.25) is 5.91 Å². The summed E-state index contributed by atoms with van der Waals surface area (Å²) >= 11 is 0. The van der Waals surface area contributed by atoms with Crippen LogP contribution in [0.3, 0.4) is 0 Å². The molecule has 1 aromatic carbocycles. The summed E-state index contributed by atoms with van der Waals surface area (Å²) in [5.41, 5.74) is 3.12. The zero-order valence-electron chi connectivity index (χ0n) is 15.4. The largest absolute Gasteiger partial charge is 0.496 e. The number of H-pyrrole nitrogens is 1. The van der Waals surface area contributed by atoms with Gasteiger partial charge in [-0.15, -0.1) is 0 Å². The second kappa shape index (κ2) is 7.31. The monoisotopic (exact) mass is 365 g/mol. The molecule has 2 saturated heterocycles. The molecule has 7 nitrogen and oxygen atoms in total. The predicted molar refractivity (Wildman–Crippen MR) is 99.8 cm³/mol. The lowest BCUT2D eigenvalue weighted by Gasteiger charge is -2.40. The lowest BCUT2D eigenvalue weighted by molar-refractivity contribution is -0.136.